The summed E-state index contributed by atoms with van der Waals surface area (Å²) in [5, 5.41) is 4.50. The van der Waals surface area contributed by atoms with Crippen LogP contribution in [0.4, 0.5) is 0 Å². The Balaban J connectivity index is 1.34. The van der Waals surface area contributed by atoms with Crippen LogP contribution in [0.25, 0.3) is 12.2 Å². The SMILES string of the molecule is Cc1ccc(C=CC2=CSC(=C3SC=C(C=Cc4ccc(C)cc4)S3)S2)cc1. The van der Waals surface area contributed by atoms with Crippen molar-refractivity contribution in [2.24, 2.45) is 0 Å². The lowest BCUT2D eigenvalue weighted by atomic mass is 10.1. The first kappa shape index (κ1) is 19.8. The summed E-state index contributed by atoms with van der Waals surface area (Å²) in [6.45, 7) is 4.24. The largest absolute Gasteiger partial charge is 0.0878 e. The third kappa shape index (κ3) is 5.32. The highest BCUT2D eigenvalue weighted by molar-refractivity contribution is 8.33. The van der Waals surface area contributed by atoms with E-state index in [1.54, 1.807) is 0 Å². The predicted molar refractivity (Wildman–Crippen MR) is 134 cm³/mol. The number of benzene rings is 2. The van der Waals surface area contributed by atoms with Crippen molar-refractivity contribution in [3.63, 3.8) is 0 Å². The highest BCUT2D eigenvalue weighted by atomic mass is 32.2. The van der Waals surface area contributed by atoms with Crippen LogP contribution in [0.1, 0.15) is 22.3 Å². The maximum absolute atomic E-state index is 2.25. The first-order valence-electron chi connectivity index (χ1n) is 8.99. The molecule has 2 heterocycles. The minimum Gasteiger partial charge on any atom is -0.0878 e. The molecule has 4 rings (SSSR count). The van der Waals surface area contributed by atoms with Gasteiger partial charge < -0.3 is 0 Å². The minimum atomic E-state index is 1.24. The van der Waals surface area contributed by atoms with Crippen LogP contribution >= 0.6 is 47.0 Å². The van der Waals surface area contributed by atoms with Gasteiger partial charge in [0.05, 0.1) is 8.47 Å². The van der Waals surface area contributed by atoms with Crippen molar-refractivity contribution in [1.82, 2.24) is 0 Å². The van der Waals surface area contributed by atoms with Crippen LogP contribution in [0, 0.1) is 13.8 Å². The minimum absolute atomic E-state index is 1.24. The molecule has 2 aliphatic heterocycles. The van der Waals surface area contributed by atoms with Crippen LogP contribution in [-0.2, 0) is 0 Å². The van der Waals surface area contributed by atoms with E-state index in [1.165, 1.54) is 40.5 Å². The number of aryl methyl sites for hydroxylation is 2. The van der Waals surface area contributed by atoms with E-state index in [0.29, 0.717) is 0 Å². The molecule has 4 heteroatoms. The van der Waals surface area contributed by atoms with Crippen molar-refractivity contribution < 1.29 is 0 Å². The van der Waals surface area contributed by atoms with Gasteiger partial charge in [-0.15, -0.1) is 0 Å². The predicted octanol–water partition coefficient (Wildman–Crippen LogP) is 8.80. The summed E-state index contributed by atoms with van der Waals surface area (Å²) in [7, 11) is 0. The molecule has 28 heavy (non-hydrogen) atoms. The van der Waals surface area contributed by atoms with Gasteiger partial charge in [0.1, 0.15) is 0 Å². The van der Waals surface area contributed by atoms with Crippen LogP contribution in [0.5, 0.6) is 0 Å². The molecule has 2 aromatic rings. The van der Waals surface area contributed by atoms with Crippen LogP contribution in [-0.4, -0.2) is 0 Å². The molecule has 0 aliphatic carbocycles. The molecule has 0 radical (unpaired) electrons. The van der Waals surface area contributed by atoms with E-state index in [0.717, 1.165) is 0 Å². The molecule has 0 N–H and O–H groups in total. The van der Waals surface area contributed by atoms with E-state index in [2.05, 4.69) is 97.5 Å². The van der Waals surface area contributed by atoms with Gasteiger partial charge in [-0.3, -0.25) is 0 Å². The summed E-state index contributed by atoms with van der Waals surface area (Å²) < 4.78 is 2.77. The number of rotatable bonds is 4. The van der Waals surface area contributed by atoms with Gasteiger partial charge in [-0.2, -0.15) is 0 Å². The molecule has 0 aromatic heterocycles. The van der Waals surface area contributed by atoms with E-state index >= 15 is 0 Å². The van der Waals surface area contributed by atoms with Gasteiger partial charge in [0.25, 0.3) is 0 Å². The van der Waals surface area contributed by atoms with Gasteiger partial charge in [0.2, 0.25) is 0 Å². The van der Waals surface area contributed by atoms with E-state index in [9.17, 15) is 0 Å². The molecular weight excluding hydrogens is 417 g/mol. The number of hydrogen-bond donors (Lipinski definition) is 0. The van der Waals surface area contributed by atoms with Crippen LogP contribution in [0.15, 0.2) is 89.8 Å². The van der Waals surface area contributed by atoms with Gasteiger partial charge in [-0.05, 0) is 47.9 Å². The molecule has 2 aliphatic rings. The highest BCUT2D eigenvalue weighted by Gasteiger charge is 2.20. The normalized spacial score (nSPS) is 19.6. The van der Waals surface area contributed by atoms with Gasteiger partial charge in [0, 0.05) is 9.81 Å². The van der Waals surface area contributed by atoms with Gasteiger partial charge in [-0.25, -0.2) is 0 Å². The van der Waals surface area contributed by atoms with E-state index in [1.807, 2.05) is 47.0 Å². The fourth-order valence-corrected chi connectivity index (χ4v) is 7.24. The lowest BCUT2D eigenvalue weighted by Crippen LogP contribution is -1.74. The topological polar surface area (TPSA) is 0 Å². The zero-order valence-electron chi connectivity index (χ0n) is 15.7. The Labute approximate surface area is 184 Å². The van der Waals surface area contributed by atoms with Crippen LogP contribution in [0.3, 0.4) is 0 Å². The molecule has 0 saturated heterocycles. The number of thioether (sulfide) groups is 4. The average molecular weight is 437 g/mol. The van der Waals surface area contributed by atoms with Crippen molar-refractivity contribution in [1.29, 1.82) is 0 Å². The monoisotopic (exact) mass is 436 g/mol. The number of hydrogen-bond acceptors (Lipinski definition) is 4. The van der Waals surface area contributed by atoms with Crippen molar-refractivity contribution in [3.8, 4) is 0 Å². The van der Waals surface area contributed by atoms with Crippen LogP contribution < -0.4 is 0 Å². The second-order valence-electron chi connectivity index (χ2n) is 6.54. The number of allylic oxidation sites excluding steroid dienone is 2. The van der Waals surface area contributed by atoms with Gasteiger partial charge in [0.15, 0.2) is 0 Å². The zero-order chi connectivity index (χ0) is 19.3. The molecule has 0 saturated carbocycles. The maximum Gasteiger partial charge on any atom is 0.0700 e. The highest BCUT2D eigenvalue weighted by Crippen LogP contribution is 2.55. The summed E-state index contributed by atoms with van der Waals surface area (Å²) in [6, 6.07) is 17.3. The fourth-order valence-electron chi connectivity index (χ4n) is 2.57. The van der Waals surface area contributed by atoms with Crippen molar-refractivity contribution in [3.05, 3.63) is 112 Å². The molecule has 0 unspecified atom stereocenters. The van der Waals surface area contributed by atoms with Gasteiger partial charge in [-0.1, -0.05) is 119 Å². The lowest BCUT2D eigenvalue weighted by molar-refractivity contribution is 1.46. The van der Waals surface area contributed by atoms with Crippen LogP contribution in [0.2, 0.25) is 0 Å². The lowest BCUT2D eigenvalue weighted by Gasteiger charge is -2.01. The first-order chi connectivity index (χ1) is 13.7. The van der Waals surface area contributed by atoms with E-state index < -0.39 is 0 Å². The standard InChI is InChI=1S/C24H20S4/c1-17-3-7-19(8-4-17)11-13-21-15-25-23(27-21)24-26-16-22(28-24)14-12-20-9-5-18(2)6-10-20/h3-16H,1-2H3. The molecule has 0 fully saturated rings. The average Bonchev–Trinajstić information content (AvgIpc) is 3.36. The molecular formula is C24H20S4. The second-order valence-corrected chi connectivity index (χ2v) is 11.0. The summed E-state index contributed by atoms with van der Waals surface area (Å²) in [5.74, 6) is 0. The molecule has 0 spiro atoms. The zero-order valence-corrected chi connectivity index (χ0v) is 19.0. The van der Waals surface area contributed by atoms with E-state index in [4.69, 9.17) is 0 Å². The molecule has 140 valence electrons. The summed E-state index contributed by atoms with van der Waals surface area (Å²) in [5.41, 5.74) is 5.08. The molecule has 0 nitrogen and oxygen atoms in total. The summed E-state index contributed by atoms with van der Waals surface area (Å²) in [6.07, 6.45) is 8.81. The molecule has 0 amide bonds. The van der Waals surface area contributed by atoms with Crippen molar-refractivity contribution >= 4 is 59.2 Å². The quantitative estimate of drug-likeness (QED) is 0.469. The Morgan fingerprint density at radius 2 is 0.929 bits per heavy atom. The van der Waals surface area contributed by atoms with Crippen molar-refractivity contribution in [2.45, 2.75) is 13.8 Å². The first-order valence-corrected chi connectivity index (χ1v) is 12.4. The summed E-state index contributed by atoms with van der Waals surface area (Å²) in [4.78, 5) is 2.61. The smallest absolute Gasteiger partial charge is 0.0700 e. The Kier molecular flexibility index (Phi) is 6.63. The summed E-state index contributed by atoms with van der Waals surface area (Å²) >= 11 is 7.40. The fraction of sp³-hybridized carbons (Fsp3) is 0.0833. The Bertz CT molecular complexity index is 920. The second kappa shape index (κ2) is 9.36. The Morgan fingerprint density at radius 3 is 1.32 bits per heavy atom. The third-order valence-electron chi connectivity index (χ3n) is 4.19. The van der Waals surface area contributed by atoms with Gasteiger partial charge >= 0.3 is 0 Å². The molecule has 0 atom stereocenters. The maximum atomic E-state index is 2.25. The molecule has 2 aromatic carbocycles. The molecule has 0 bridgehead atoms. The van der Waals surface area contributed by atoms with E-state index in [-0.39, 0.29) is 0 Å². The third-order valence-corrected chi connectivity index (χ3v) is 9.42. The Hall–Kier alpha value is -1.46. The Morgan fingerprint density at radius 1 is 0.536 bits per heavy atom. The van der Waals surface area contributed by atoms with Crippen molar-refractivity contribution in [2.75, 3.05) is 0 Å².